The first-order valence-corrected chi connectivity index (χ1v) is 7.59. The summed E-state index contributed by atoms with van der Waals surface area (Å²) in [6, 6.07) is 6.62. The Bertz CT molecular complexity index is 1040. The molecule has 0 aliphatic carbocycles. The lowest BCUT2D eigenvalue weighted by molar-refractivity contribution is 0.629. The molecule has 6 nitrogen and oxygen atoms in total. The zero-order valence-electron chi connectivity index (χ0n) is 13.2. The molecule has 4 aromatic rings. The fourth-order valence-electron chi connectivity index (χ4n) is 2.84. The maximum atomic E-state index is 13.4. The lowest BCUT2D eigenvalue weighted by Crippen LogP contribution is -2.11. The van der Waals surface area contributed by atoms with Gasteiger partial charge in [-0.1, -0.05) is 0 Å². The molecule has 0 radical (unpaired) electrons. The van der Waals surface area contributed by atoms with Crippen LogP contribution in [0.15, 0.2) is 36.9 Å². The summed E-state index contributed by atoms with van der Waals surface area (Å²) in [7, 11) is 0. The summed E-state index contributed by atoms with van der Waals surface area (Å²) in [5.41, 5.74) is 3.90. The molecule has 0 saturated heterocycles. The van der Waals surface area contributed by atoms with Crippen LogP contribution in [-0.4, -0.2) is 24.9 Å². The van der Waals surface area contributed by atoms with E-state index in [4.69, 9.17) is 0 Å². The third-order valence-electron chi connectivity index (χ3n) is 4.05. The van der Waals surface area contributed by atoms with E-state index in [1.54, 1.807) is 12.4 Å². The zero-order chi connectivity index (χ0) is 16.7. The molecule has 0 unspecified atom stereocenters. The number of aromatic nitrogens is 5. The number of hydrogen-bond donors (Lipinski definition) is 2. The van der Waals surface area contributed by atoms with Crippen LogP contribution in [0.1, 0.15) is 24.2 Å². The van der Waals surface area contributed by atoms with E-state index in [1.807, 2.05) is 19.9 Å². The number of anilines is 1. The summed E-state index contributed by atoms with van der Waals surface area (Å²) in [5, 5.41) is 4.26. The van der Waals surface area contributed by atoms with Gasteiger partial charge in [-0.25, -0.2) is 19.3 Å². The highest BCUT2D eigenvalue weighted by Crippen LogP contribution is 2.26. The maximum absolute atomic E-state index is 13.4. The molecule has 0 spiro atoms. The minimum absolute atomic E-state index is 0.0400. The van der Waals surface area contributed by atoms with Gasteiger partial charge < -0.3 is 10.3 Å². The van der Waals surface area contributed by atoms with Gasteiger partial charge in [-0.3, -0.25) is 4.98 Å². The van der Waals surface area contributed by atoms with Gasteiger partial charge >= 0.3 is 0 Å². The second-order valence-electron chi connectivity index (χ2n) is 5.69. The highest BCUT2D eigenvalue weighted by Gasteiger charge is 2.14. The van der Waals surface area contributed by atoms with Gasteiger partial charge in [0, 0.05) is 17.1 Å². The summed E-state index contributed by atoms with van der Waals surface area (Å²) in [6.07, 6.45) is 3.08. The first kappa shape index (κ1) is 14.5. The Hall–Kier alpha value is -3.09. The molecule has 120 valence electrons. The van der Waals surface area contributed by atoms with Gasteiger partial charge in [0.25, 0.3) is 0 Å². The monoisotopic (exact) mass is 322 g/mol. The van der Waals surface area contributed by atoms with Crippen LogP contribution in [0, 0.1) is 12.7 Å². The third-order valence-corrected chi connectivity index (χ3v) is 4.05. The first-order valence-electron chi connectivity index (χ1n) is 7.59. The van der Waals surface area contributed by atoms with Crippen LogP contribution in [0.2, 0.25) is 0 Å². The predicted octanol–water partition coefficient (Wildman–Crippen LogP) is 3.52. The van der Waals surface area contributed by atoms with E-state index < -0.39 is 0 Å². The van der Waals surface area contributed by atoms with Crippen molar-refractivity contribution in [1.29, 1.82) is 0 Å². The van der Waals surface area contributed by atoms with Crippen molar-refractivity contribution in [1.82, 2.24) is 24.9 Å². The van der Waals surface area contributed by atoms with Crippen molar-refractivity contribution in [3.63, 3.8) is 0 Å². The molecule has 1 atom stereocenters. The van der Waals surface area contributed by atoms with Crippen molar-refractivity contribution < 1.29 is 4.39 Å². The van der Waals surface area contributed by atoms with E-state index in [2.05, 4.69) is 30.2 Å². The summed E-state index contributed by atoms with van der Waals surface area (Å²) >= 11 is 0. The van der Waals surface area contributed by atoms with Crippen molar-refractivity contribution in [2.24, 2.45) is 0 Å². The van der Waals surface area contributed by atoms with Gasteiger partial charge in [-0.2, -0.15) is 0 Å². The fraction of sp³-hybridized carbons (Fsp3) is 0.176. The van der Waals surface area contributed by atoms with Gasteiger partial charge in [-0.15, -0.1) is 0 Å². The number of fused-ring (bicyclic) bond motifs is 2. The molecule has 0 saturated carbocycles. The van der Waals surface area contributed by atoms with Gasteiger partial charge in [0.1, 0.15) is 17.7 Å². The highest BCUT2D eigenvalue weighted by molar-refractivity contribution is 5.83. The molecule has 24 heavy (non-hydrogen) atoms. The molecule has 2 N–H and O–H groups in total. The molecule has 7 heteroatoms. The van der Waals surface area contributed by atoms with Crippen molar-refractivity contribution in [2.75, 3.05) is 5.32 Å². The van der Waals surface area contributed by atoms with E-state index in [0.29, 0.717) is 22.5 Å². The van der Waals surface area contributed by atoms with Gasteiger partial charge in [0.2, 0.25) is 0 Å². The SMILES string of the molecule is Cc1nc2cc(F)ccc2cc1[C@H](C)Nc1ncnc2[nH]cnc12. The van der Waals surface area contributed by atoms with Crippen LogP contribution < -0.4 is 5.32 Å². The number of rotatable bonds is 3. The van der Waals surface area contributed by atoms with Gasteiger partial charge in [-0.05, 0) is 37.6 Å². The Labute approximate surface area is 137 Å². The van der Waals surface area contributed by atoms with Crippen LogP contribution in [0.3, 0.4) is 0 Å². The fourth-order valence-corrected chi connectivity index (χ4v) is 2.84. The molecule has 4 rings (SSSR count). The van der Waals surface area contributed by atoms with Crippen molar-refractivity contribution in [2.45, 2.75) is 19.9 Å². The van der Waals surface area contributed by atoms with Crippen LogP contribution >= 0.6 is 0 Å². The second-order valence-corrected chi connectivity index (χ2v) is 5.69. The number of pyridine rings is 1. The number of aromatic amines is 1. The molecular weight excluding hydrogens is 307 g/mol. The molecule has 0 bridgehead atoms. The Kier molecular flexibility index (Phi) is 3.34. The number of benzene rings is 1. The molecule has 3 aromatic heterocycles. The van der Waals surface area contributed by atoms with Crippen LogP contribution in [-0.2, 0) is 0 Å². The minimum Gasteiger partial charge on any atom is -0.362 e. The molecule has 0 amide bonds. The standard InChI is InChI=1S/C17H15FN6/c1-9-13(5-11-3-4-12(18)6-14(11)23-9)10(2)24-17-15-16(20-7-19-15)21-8-22-17/h3-8,10H,1-2H3,(H2,19,20,21,22,24)/t10-/m0/s1. The quantitative estimate of drug-likeness (QED) is 0.603. The highest BCUT2D eigenvalue weighted by atomic mass is 19.1. The first-order chi connectivity index (χ1) is 11.6. The lowest BCUT2D eigenvalue weighted by atomic mass is 10.0. The smallest absolute Gasteiger partial charge is 0.162 e. The molecule has 1 aromatic carbocycles. The Morgan fingerprint density at radius 3 is 2.92 bits per heavy atom. The number of imidazole rings is 1. The minimum atomic E-state index is -0.282. The summed E-state index contributed by atoms with van der Waals surface area (Å²) in [5.74, 6) is 0.377. The van der Waals surface area contributed by atoms with E-state index in [9.17, 15) is 4.39 Å². The number of nitrogens with zero attached hydrogens (tertiary/aromatic N) is 4. The predicted molar refractivity (Wildman–Crippen MR) is 90.2 cm³/mol. The normalized spacial score (nSPS) is 12.6. The third kappa shape index (κ3) is 2.44. The van der Waals surface area contributed by atoms with Crippen molar-refractivity contribution in [3.05, 3.63) is 54.0 Å². The van der Waals surface area contributed by atoms with Gasteiger partial charge in [0.15, 0.2) is 11.5 Å². The van der Waals surface area contributed by atoms with Gasteiger partial charge in [0.05, 0.1) is 17.9 Å². The lowest BCUT2D eigenvalue weighted by Gasteiger charge is -2.17. The molecule has 0 fully saturated rings. The van der Waals surface area contributed by atoms with E-state index in [-0.39, 0.29) is 11.9 Å². The summed E-state index contributed by atoms with van der Waals surface area (Å²) in [6.45, 7) is 3.95. The van der Waals surface area contributed by atoms with Crippen molar-refractivity contribution >= 4 is 27.9 Å². The molecule has 3 heterocycles. The average Bonchev–Trinajstić information content (AvgIpc) is 3.03. The molecule has 0 aliphatic rings. The average molecular weight is 322 g/mol. The Morgan fingerprint density at radius 1 is 1.17 bits per heavy atom. The Morgan fingerprint density at radius 2 is 2.04 bits per heavy atom. The van der Waals surface area contributed by atoms with E-state index in [1.165, 1.54) is 18.5 Å². The largest absolute Gasteiger partial charge is 0.362 e. The topological polar surface area (TPSA) is 79.4 Å². The number of H-pyrrole nitrogens is 1. The van der Waals surface area contributed by atoms with Crippen LogP contribution in [0.5, 0.6) is 0 Å². The second kappa shape index (κ2) is 5.52. The zero-order valence-corrected chi connectivity index (χ0v) is 13.2. The molecular formula is C17H15FN6. The van der Waals surface area contributed by atoms with Crippen molar-refractivity contribution in [3.8, 4) is 0 Å². The van der Waals surface area contributed by atoms with Crippen LogP contribution in [0.25, 0.3) is 22.1 Å². The summed E-state index contributed by atoms with van der Waals surface area (Å²) in [4.78, 5) is 20.1. The van der Waals surface area contributed by atoms with E-state index in [0.717, 1.165) is 16.6 Å². The molecule has 0 aliphatic heterocycles. The number of halogens is 1. The Balaban J connectivity index is 1.72. The number of nitrogens with one attached hydrogen (secondary N) is 2. The number of aryl methyl sites for hydroxylation is 1. The van der Waals surface area contributed by atoms with E-state index >= 15 is 0 Å². The van der Waals surface area contributed by atoms with Crippen LogP contribution in [0.4, 0.5) is 10.2 Å². The number of hydrogen-bond acceptors (Lipinski definition) is 5. The maximum Gasteiger partial charge on any atom is 0.162 e. The summed E-state index contributed by atoms with van der Waals surface area (Å²) < 4.78 is 13.4.